The Balaban J connectivity index is 0.00000320. The lowest BCUT2D eigenvalue weighted by atomic mass is 9.99. The van der Waals surface area contributed by atoms with Gasteiger partial charge < -0.3 is 24.6 Å². The number of methoxy groups -OCH3 is 2. The third-order valence-corrected chi connectivity index (χ3v) is 6.02. The molecule has 30 heavy (non-hydrogen) atoms. The summed E-state index contributed by atoms with van der Waals surface area (Å²) < 4.78 is 11.0. The molecule has 0 aliphatic carbocycles. The van der Waals surface area contributed by atoms with Crippen molar-refractivity contribution in [3.63, 3.8) is 0 Å². The van der Waals surface area contributed by atoms with Crippen LogP contribution in [0.15, 0.2) is 17.1 Å². The SMILES string of the molecule is CCNC(=NCC(C)N1CCN(C)CC1)N1CCc2cc(OC)c(OC)cc2C1.I. The van der Waals surface area contributed by atoms with E-state index in [9.17, 15) is 0 Å². The molecule has 1 unspecified atom stereocenters. The van der Waals surface area contributed by atoms with Crippen molar-refractivity contribution in [1.29, 1.82) is 0 Å². The van der Waals surface area contributed by atoms with Crippen molar-refractivity contribution < 1.29 is 9.47 Å². The molecule has 0 bridgehead atoms. The summed E-state index contributed by atoms with van der Waals surface area (Å²) in [5.74, 6) is 2.61. The Morgan fingerprint density at radius 2 is 1.70 bits per heavy atom. The summed E-state index contributed by atoms with van der Waals surface area (Å²) >= 11 is 0. The fraction of sp³-hybridized carbons (Fsp3) is 0.682. The maximum Gasteiger partial charge on any atom is 0.194 e. The van der Waals surface area contributed by atoms with Gasteiger partial charge in [0.15, 0.2) is 17.5 Å². The van der Waals surface area contributed by atoms with E-state index in [-0.39, 0.29) is 24.0 Å². The Labute approximate surface area is 198 Å². The average Bonchev–Trinajstić information content (AvgIpc) is 2.75. The summed E-state index contributed by atoms with van der Waals surface area (Å²) in [4.78, 5) is 12.3. The largest absolute Gasteiger partial charge is 0.493 e. The second kappa shape index (κ2) is 12.0. The topological polar surface area (TPSA) is 52.6 Å². The smallest absolute Gasteiger partial charge is 0.194 e. The van der Waals surface area contributed by atoms with Gasteiger partial charge in [-0.2, -0.15) is 0 Å². The van der Waals surface area contributed by atoms with E-state index in [1.54, 1.807) is 14.2 Å². The van der Waals surface area contributed by atoms with E-state index in [1.807, 2.05) is 0 Å². The first kappa shape index (κ1) is 25.0. The third kappa shape index (κ3) is 6.13. The molecule has 7 nitrogen and oxygen atoms in total. The maximum absolute atomic E-state index is 5.50. The van der Waals surface area contributed by atoms with Crippen molar-refractivity contribution in [1.82, 2.24) is 20.0 Å². The molecule has 1 saturated heterocycles. The molecule has 8 heteroatoms. The van der Waals surface area contributed by atoms with Gasteiger partial charge in [0.1, 0.15) is 0 Å². The van der Waals surface area contributed by atoms with Crippen LogP contribution in [0.1, 0.15) is 25.0 Å². The van der Waals surface area contributed by atoms with Gasteiger partial charge in [-0.15, -0.1) is 24.0 Å². The lowest BCUT2D eigenvalue weighted by Gasteiger charge is -2.36. The monoisotopic (exact) mass is 531 g/mol. The highest BCUT2D eigenvalue weighted by Crippen LogP contribution is 2.33. The Hall–Kier alpha value is -1.26. The highest BCUT2D eigenvalue weighted by molar-refractivity contribution is 14.0. The van der Waals surface area contributed by atoms with Gasteiger partial charge in [0.25, 0.3) is 0 Å². The van der Waals surface area contributed by atoms with Crippen molar-refractivity contribution in [3.05, 3.63) is 23.3 Å². The molecule has 2 heterocycles. The summed E-state index contributed by atoms with van der Waals surface area (Å²) in [5.41, 5.74) is 2.62. The summed E-state index contributed by atoms with van der Waals surface area (Å²) in [6, 6.07) is 4.68. The molecule has 1 aromatic rings. The standard InChI is InChI=1S/C22H37N5O2.HI/c1-6-23-22(24-15-17(2)26-11-9-25(3)10-12-26)27-8-7-18-13-20(28-4)21(29-5)14-19(18)16-27;/h13-14,17H,6-12,15-16H2,1-5H3,(H,23,24);1H. The molecule has 0 aromatic heterocycles. The number of nitrogens with one attached hydrogen (secondary N) is 1. The zero-order valence-electron chi connectivity index (χ0n) is 19.1. The summed E-state index contributed by atoms with van der Waals surface area (Å²) in [6.45, 7) is 12.4. The number of benzene rings is 1. The summed E-state index contributed by atoms with van der Waals surface area (Å²) in [5, 5.41) is 3.49. The Bertz CT molecular complexity index is 707. The highest BCUT2D eigenvalue weighted by Gasteiger charge is 2.23. The van der Waals surface area contributed by atoms with Gasteiger partial charge in [-0.3, -0.25) is 9.89 Å². The molecule has 1 atom stereocenters. The normalized spacial score (nSPS) is 19.0. The molecule has 1 N–H and O–H groups in total. The van der Waals surface area contributed by atoms with Crippen LogP contribution in [0.2, 0.25) is 0 Å². The van der Waals surface area contributed by atoms with Crippen LogP contribution in [0.4, 0.5) is 0 Å². The minimum atomic E-state index is 0. The lowest BCUT2D eigenvalue weighted by Crippen LogP contribution is -2.49. The minimum Gasteiger partial charge on any atom is -0.493 e. The predicted octanol–water partition coefficient (Wildman–Crippen LogP) is 2.28. The molecule has 1 aromatic carbocycles. The Morgan fingerprint density at radius 3 is 2.30 bits per heavy atom. The van der Waals surface area contributed by atoms with E-state index in [2.05, 4.69) is 53.0 Å². The van der Waals surface area contributed by atoms with E-state index in [0.29, 0.717) is 6.04 Å². The van der Waals surface area contributed by atoms with E-state index in [0.717, 1.165) is 76.2 Å². The van der Waals surface area contributed by atoms with E-state index >= 15 is 0 Å². The number of rotatable bonds is 6. The van der Waals surface area contributed by atoms with E-state index < -0.39 is 0 Å². The zero-order valence-corrected chi connectivity index (χ0v) is 21.4. The molecule has 2 aliphatic heterocycles. The lowest BCUT2D eigenvalue weighted by molar-refractivity contribution is 0.122. The molecular formula is C22H38IN5O2. The van der Waals surface area contributed by atoms with Crippen LogP contribution in [0.3, 0.4) is 0 Å². The second-order valence-electron chi connectivity index (χ2n) is 8.03. The van der Waals surface area contributed by atoms with E-state index in [1.165, 1.54) is 11.1 Å². The van der Waals surface area contributed by atoms with Crippen LogP contribution in [-0.2, 0) is 13.0 Å². The first-order valence-corrected chi connectivity index (χ1v) is 10.7. The zero-order chi connectivity index (χ0) is 20.8. The quantitative estimate of drug-likeness (QED) is 0.346. The van der Waals surface area contributed by atoms with Crippen molar-refractivity contribution in [2.45, 2.75) is 32.9 Å². The number of hydrogen-bond acceptors (Lipinski definition) is 5. The van der Waals surface area contributed by atoms with Gasteiger partial charge in [-0.25, -0.2) is 0 Å². The molecule has 2 aliphatic rings. The van der Waals surface area contributed by atoms with Crippen LogP contribution in [0.5, 0.6) is 11.5 Å². The number of piperazine rings is 1. The number of likely N-dealkylation sites (N-methyl/N-ethyl adjacent to an activating group) is 1. The molecule has 0 saturated carbocycles. The molecule has 0 radical (unpaired) electrons. The van der Waals surface area contributed by atoms with Crippen LogP contribution in [-0.4, -0.2) is 93.8 Å². The van der Waals surface area contributed by atoms with Crippen LogP contribution in [0, 0.1) is 0 Å². The van der Waals surface area contributed by atoms with Crippen LogP contribution < -0.4 is 14.8 Å². The van der Waals surface area contributed by atoms with Gasteiger partial charge in [-0.1, -0.05) is 0 Å². The number of nitrogens with zero attached hydrogens (tertiary/aromatic N) is 4. The minimum absolute atomic E-state index is 0. The van der Waals surface area contributed by atoms with Crippen molar-refractivity contribution in [2.75, 3.05) is 67.1 Å². The van der Waals surface area contributed by atoms with Crippen molar-refractivity contribution in [2.24, 2.45) is 4.99 Å². The molecule has 1 fully saturated rings. The van der Waals surface area contributed by atoms with Gasteiger partial charge in [0, 0.05) is 51.9 Å². The fourth-order valence-corrected chi connectivity index (χ4v) is 4.09. The third-order valence-electron chi connectivity index (χ3n) is 6.02. The maximum atomic E-state index is 5.50. The molecule has 0 amide bonds. The molecule has 0 spiro atoms. The van der Waals surface area contributed by atoms with Crippen LogP contribution >= 0.6 is 24.0 Å². The van der Waals surface area contributed by atoms with E-state index in [4.69, 9.17) is 14.5 Å². The average molecular weight is 531 g/mol. The predicted molar refractivity (Wildman–Crippen MR) is 134 cm³/mol. The van der Waals surface area contributed by atoms with Crippen molar-refractivity contribution >= 4 is 29.9 Å². The molecular weight excluding hydrogens is 493 g/mol. The number of ether oxygens (including phenoxy) is 2. The Morgan fingerprint density at radius 1 is 1.07 bits per heavy atom. The van der Waals surface area contributed by atoms with Gasteiger partial charge in [0.05, 0.1) is 20.8 Å². The number of fused-ring (bicyclic) bond motifs is 1. The number of hydrogen-bond donors (Lipinski definition) is 1. The first-order valence-electron chi connectivity index (χ1n) is 10.7. The number of aliphatic imine (C=N–C) groups is 1. The number of halogens is 1. The molecule has 3 rings (SSSR count). The first-order chi connectivity index (χ1) is 14.0. The summed E-state index contributed by atoms with van der Waals surface area (Å²) in [7, 11) is 5.58. The van der Waals surface area contributed by atoms with Gasteiger partial charge in [-0.05, 0) is 50.6 Å². The second-order valence-corrected chi connectivity index (χ2v) is 8.03. The van der Waals surface area contributed by atoms with Gasteiger partial charge in [0.2, 0.25) is 0 Å². The molecule has 170 valence electrons. The van der Waals surface area contributed by atoms with Crippen molar-refractivity contribution in [3.8, 4) is 11.5 Å². The summed E-state index contributed by atoms with van der Waals surface area (Å²) in [6.07, 6.45) is 0.980. The van der Waals surface area contributed by atoms with Gasteiger partial charge >= 0.3 is 0 Å². The highest BCUT2D eigenvalue weighted by atomic mass is 127. The number of guanidine groups is 1. The van der Waals surface area contributed by atoms with Crippen LogP contribution in [0.25, 0.3) is 0 Å². The fourth-order valence-electron chi connectivity index (χ4n) is 4.09. The Kier molecular flexibility index (Phi) is 9.96.